The highest BCUT2D eigenvalue weighted by atomic mass is 28.4. The van der Waals surface area contributed by atoms with Gasteiger partial charge in [-0.15, -0.1) is 0 Å². The van der Waals surface area contributed by atoms with E-state index in [-0.39, 0.29) is 41.6 Å². The molecule has 0 aromatic heterocycles. The standard InChI is InChI=1S/C56H93NO13Si/c1-38-23-18-16-14-15-17-19-26-45(58)51(66-11)50(65-10)39(2)24-22-33-67-34-31-46(40(3)35-42-28-30-47(49(36-42)64-9)70-71(12,13)55(5,6)7)68-54(61)44-25-20-21-32-57(44)53(60)52(59)56(62)41(4)27-29-43(69-56)37-48(38)63-8/h14-16,18,23-24,40-44,46-51,62H,17,19-22,25-37H2,1-13H3/b15-14+,18-16+,38-23+,39-24+/t40-,41-,42+,43+,44+,46+,47?,48+,49-,50-,51+,56-/m1/s1. The van der Waals surface area contributed by atoms with Crippen LogP contribution in [0.4, 0.5) is 0 Å². The van der Waals surface area contributed by atoms with E-state index < -0.39 is 68.1 Å². The molecule has 1 N–H and O–H groups in total. The van der Waals surface area contributed by atoms with Crippen molar-refractivity contribution in [1.29, 1.82) is 0 Å². The molecule has 2 saturated heterocycles. The van der Waals surface area contributed by atoms with Gasteiger partial charge in [0.05, 0.1) is 37.6 Å². The molecule has 15 heteroatoms. The lowest BCUT2D eigenvalue weighted by Gasteiger charge is -2.44. The zero-order valence-corrected chi connectivity index (χ0v) is 46.8. The minimum atomic E-state index is -2.37. The van der Waals surface area contributed by atoms with Crippen molar-refractivity contribution in [3.05, 3.63) is 47.6 Å². The number of hydrogen-bond acceptors (Lipinski definition) is 13. The number of esters is 1. The summed E-state index contributed by atoms with van der Waals surface area (Å²) in [7, 11) is 4.46. The molecule has 14 nitrogen and oxygen atoms in total. The van der Waals surface area contributed by atoms with Gasteiger partial charge in [-0.05, 0) is 132 Å². The third-order valence-corrected chi connectivity index (χ3v) is 20.6. The second-order valence-electron chi connectivity index (χ2n) is 22.3. The monoisotopic (exact) mass is 1020 g/mol. The van der Waals surface area contributed by atoms with E-state index in [1.165, 1.54) is 12.0 Å². The summed E-state index contributed by atoms with van der Waals surface area (Å²) in [6, 6.07) is -1.00. The number of rotatable bonds is 9. The molecule has 4 rings (SSSR count). The lowest BCUT2D eigenvalue weighted by molar-refractivity contribution is -0.265. The first kappa shape index (κ1) is 60.7. The van der Waals surface area contributed by atoms with Crippen LogP contribution in [-0.4, -0.2) is 145 Å². The van der Waals surface area contributed by atoms with Crippen LogP contribution < -0.4 is 0 Å². The summed E-state index contributed by atoms with van der Waals surface area (Å²) in [5.41, 5.74) is 1.79. The minimum Gasteiger partial charge on any atom is -0.460 e. The van der Waals surface area contributed by atoms with Crippen LogP contribution in [0, 0.1) is 17.8 Å². The molecule has 0 aromatic rings. The molecule has 0 aromatic carbocycles. The van der Waals surface area contributed by atoms with Crippen LogP contribution in [0.5, 0.6) is 0 Å². The van der Waals surface area contributed by atoms with E-state index in [2.05, 4.69) is 40.8 Å². The Balaban J connectivity index is 1.60. The number of nitrogens with zero attached hydrogens (tertiary/aromatic N) is 1. The van der Waals surface area contributed by atoms with Crippen molar-refractivity contribution >= 4 is 31.8 Å². The van der Waals surface area contributed by atoms with Crippen LogP contribution >= 0.6 is 0 Å². The zero-order valence-electron chi connectivity index (χ0n) is 45.8. The number of Topliss-reactive ketones (excluding diaryl/α,β-unsaturated/α-hetero) is 2. The van der Waals surface area contributed by atoms with Crippen molar-refractivity contribution in [1.82, 2.24) is 4.90 Å². The first-order chi connectivity index (χ1) is 33.6. The quantitative estimate of drug-likeness (QED) is 0.101. The highest BCUT2D eigenvalue weighted by molar-refractivity contribution is 6.74. The fourth-order valence-corrected chi connectivity index (χ4v) is 11.8. The number of carbonyl (C=O) groups is 4. The Kier molecular flexibility index (Phi) is 24.5. The molecule has 1 saturated carbocycles. The van der Waals surface area contributed by atoms with Gasteiger partial charge in [-0.2, -0.15) is 0 Å². The van der Waals surface area contributed by atoms with Crippen molar-refractivity contribution in [2.75, 3.05) is 48.2 Å². The van der Waals surface area contributed by atoms with Crippen LogP contribution in [0.2, 0.25) is 18.1 Å². The highest BCUT2D eigenvalue weighted by Gasteiger charge is 2.53. The van der Waals surface area contributed by atoms with Gasteiger partial charge < -0.3 is 47.6 Å². The Bertz CT molecular complexity index is 1840. The average Bonchev–Trinajstić information content (AvgIpc) is 3.33. The predicted octanol–water partition coefficient (Wildman–Crippen LogP) is 9.57. The Labute approximate surface area is 428 Å². The van der Waals surface area contributed by atoms with Crippen LogP contribution in [0.15, 0.2) is 47.6 Å². The van der Waals surface area contributed by atoms with Crippen LogP contribution in [0.1, 0.15) is 145 Å². The third-order valence-electron chi connectivity index (χ3n) is 16.1. The number of hydrogen-bond donors (Lipinski definition) is 1. The highest BCUT2D eigenvalue weighted by Crippen LogP contribution is 2.42. The molecule has 0 spiro atoms. The number of amides is 1. The Hall–Kier alpha value is -2.86. The van der Waals surface area contributed by atoms with Gasteiger partial charge in [0.1, 0.15) is 24.4 Å². The molecule has 71 heavy (non-hydrogen) atoms. The summed E-state index contributed by atoms with van der Waals surface area (Å²) in [5.74, 6) is -5.39. The van der Waals surface area contributed by atoms with Crippen molar-refractivity contribution in [3.8, 4) is 0 Å². The van der Waals surface area contributed by atoms with Gasteiger partial charge in [0, 0.05) is 60.2 Å². The molecule has 1 amide bonds. The normalized spacial score (nSPS) is 35.7. The summed E-state index contributed by atoms with van der Waals surface area (Å²) < 4.78 is 49.2. The largest absolute Gasteiger partial charge is 0.460 e. The van der Waals surface area contributed by atoms with Gasteiger partial charge in [-0.1, -0.05) is 71.1 Å². The lowest BCUT2D eigenvalue weighted by Crippen LogP contribution is -2.61. The molecule has 1 aliphatic carbocycles. The molecule has 3 aliphatic heterocycles. The molecule has 4 aliphatic rings. The first-order valence-electron chi connectivity index (χ1n) is 26.6. The van der Waals surface area contributed by atoms with Gasteiger partial charge in [-0.25, -0.2) is 4.79 Å². The molecule has 3 fully saturated rings. The second kappa shape index (κ2) is 28.7. The van der Waals surface area contributed by atoms with Gasteiger partial charge in [0.25, 0.3) is 11.7 Å². The number of carbonyl (C=O) groups excluding carboxylic acids is 4. The second-order valence-corrected chi connectivity index (χ2v) is 27.1. The maximum Gasteiger partial charge on any atom is 0.329 e. The van der Waals surface area contributed by atoms with E-state index >= 15 is 0 Å². The molecular formula is C56H93NO13Si. The number of piperidine rings is 1. The fraction of sp³-hybridized carbons (Fsp3) is 0.786. The molecule has 0 radical (unpaired) electrons. The van der Waals surface area contributed by atoms with Crippen molar-refractivity contribution in [2.45, 2.75) is 217 Å². The van der Waals surface area contributed by atoms with Gasteiger partial charge >= 0.3 is 5.97 Å². The summed E-state index contributed by atoms with van der Waals surface area (Å²) in [5, 5.41) is 12.1. The third kappa shape index (κ3) is 17.1. The van der Waals surface area contributed by atoms with E-state index in [4.69, 9.17) is 37.6 Å². The van der Waals surface area contributed by atoms with Gasteiger partial charge in [0.2, 0.25) is 5.79 Å². The summed E-state index contributed by atoms with van der Waals surface area (Å²) in [6.45, 7) is 19.9. The first-order valence-corrected chi connectivity index (χ1v) is 29.5. The van der Waals surface area contributed by atoms with Crippen molar-refractivity contribution < 1.29 is 61.9 Å². The van der Waals surface area contributed by atoms with E-state index in [1.54, 1.807) is 28.3 Å². The van der Waals surface area contributed by atoms with E-state index in [9.17, 15) is 24.3 Å². The van der Waals surface area contributed by atoms with E-state index in [0.29, 0.717) is 89.8 Å². The van der Waals surface area contributed by atoms with E-state index in [0.717, 1.165) is 36.8 Å². The zero-order chi connectivity index (χ0) is 52.5. The van der Waals surface area contributed by atoms with Crippen molar-refractivity contribution in [2.24, 2.45) is 17.8 Å². The maximum atomic E-state index is 14.5. The smallest absolute Gasteiger partial charge is 0.329 e. The number of ether oxygens (including phenoxy) is 7. The number of fused-ring (bicyclic) bond motifs is 3. The predicted molar refractivity (Wildman–Crippen MR) is 278 cm³/mol. The average molecular weight is 1020 g/mol. The number of allylic oxidation sites excluding steroid dienone is 5. The fourth-order valence-electron chi connectivity index (χ4n) is 10.5. The van der Waals surface area contributed by atoms with Crippen molar-refractivity contribution in [3.63, 3.8) is 0 Å². The van der Waals surface area contributed by atoms with Gasteiger partial charge in [0.15, 0.2) is 14.1 Å². The maximum absolute atomic E-state index is 14.5. The molecule has 2 bridgehead atoms. The number of methoxy groups -OCH3 is 4. The Morgan fingerprint density at radius 1 is 0.817 bits per heavy atom. The number of ketones is 2. The molecule has 3 heterocycles. The topological polar surface area (TPSA) is 166 Å². The minimum absolute atomic E-state index is 0.0216. The van der Waals surface area contributed by atoms with Crippen LogP contribution in [0.3, 0.4) is 0 Å². The molecule has 12 atom stereocenters. The number of aliphatic hydroxyl groups is 1. The molecular weight excluding hydrogens is 923 g/mol. The summed E-state index contributed by atoms with van der Waals surface area (Å²) in [6.07, 6.45) is 18.1. The number of cyclic esters (lactones) is 1. The van der Waals surface area contributed by atoms with Crippen LogP contribution in [-0.2, 0) is 56.8 Å². The Morgan fingerprint density at radius 2 is 1.55 bits per heavy atom. The SMILES string of the molecule is CO[C@H]1C[C@@H]2CC[C@@H](C)[C@@](O)(O2)C(=O)C(=O)N2CCCC[C@H]2C(=O)O[C@H]([C@H](C)C[C@@H]2CCC(O[Si](C)(C)C(C)(C)C)[C@H](OC)C2)CCOCC/C=C(\C)[C@@H](OC)[C@@H](OC)C(=O)CCC/C=C/C=C/C=C/1C. The summed E-state index contributed by atoms with van der Waals surface area (Å²) >= 11 is 0. The Morgan fingerprint density at radius 3 is 2.23 bits per heavy atom. The lowest BCUT2D eigenvalue weighted by atomic mass is 9.79. The molecule has 1 unspecified atom stereocenters. The molecule has 404 valence electrons. The van der Waals surface area contributed by atoms with E-state index in [1.807, 2.05) is 50.3 Å². The van der Waals surface area contributed by atoms with Gasteiger partial charge in [-0.3, -0.25) is 14.4 Å². The summed E-state index contributed by atoms with van der Waals surface area (Å²) in [4.78, 5) is 57.8. The van der Waals surface area contributed by atoms with Crippen LogP contribution in [0.25, 0.3) is 0 Å².